The first-order chi connectivity index (χ1) is 5.70. The molecule has 0 heterocycles. The molecule has 12 heavy (non-hydrogen) atoms. The molecule has 1 aromatic carbocycles. The van der Waals surface area contributed by atoms with Crippen LogP contribution in [0.5, 0.6) is 5.75 Å². The van der Waals surface area contributed by atoms with Crippen molar-refractivity contribution in [3.8, 4) is 5.75 Å². The second kappa shape index (κ2) is 3.92. The molecule has 0 atom stereocenters. The number of hydrogen-bond acceptors (Lipinski definition) is 2. The van der Waals surface area contributed by atoms with Crippen molar-refractivity contribution >= 4 is 15.9 Å². The van der Waals surface area contributed by atoms with Crippen molar-refractivity contribution < 1.29 is 4.74 Å². The van der Waals surface area contributed by atoms with Crippen molar-refractivity contribution in [3.05, 3.63) is 27.7 Å². The van der Waals surface area contributed by atoms with Crippen molar-refractivity contribution in [3.63, 3.8) is 0 Å². The summed E-state index contributed by atoms with van der Waals surface area (Å²) in [4.78, 5) is 0. The van der Waals surface area contributed by atoms with Crippen molar-refractivity contribution in [2.24, 2.45) is 5.73 Å². The summed E-state index contributed by atoms with van der Waals surface area (Å²) in [6.45, 7) is 2.53. The maximum atomic E-state index is 5.60. The molecular formula is C9H12BrNO. The number of methoxy groups -OCH3 is 1. The van der Waals surface area contributed by atoms with Gasteiger partial charge in [0.2, 0.25) is 0 Å². The van der Waals surface area contributed by atoms with Crippen molar-refractivity contribution in [2.45, 2.75) is 13.5 Å². The molecule has 0 saturated carbocycles. The summed E-state index contributed by atoms with van der Waals surface area (Å²) in [5.41, 5.74) is 7.82. The van der Waals surface area contributed by atoms with Crippen LogP contribution >= 0.6 is 15.9 Å². The lowest BCUT2D eigenvalue weighted by molar-refractivity contribution is 0.406. The Kier molecular flexibility index (Phi) is 3.12. The summed E-state index contributed by atoms with van der Waals surface area (Å²) in [6, 6.07) is 3.99. The van der Waals surface area contributed by atoms with E-state index in [1.54, 1.807) is 7.11 Å². The van der Waals surface area contributed by atoms with Crippen LogP contribution < -0.4 is 10.5 Å². The highest BCUT2D eigenvalue weighted by atomic mass is 79.9. The molecule has 0 amide bonds. The molecule has 0 saturated heterocycles. The van der Waals surface area contributed by atoms with Gasteiger partial charge in [-0.3, -0.25) is 0 Å². The number of benzene rings is 1. The number of rotatable bonds is 2. The zero-order valence-corrected chi connectivity index (χ0v) is 8.81. The summed E-state index contributed by atoms with van der Waals surface area (Å²) in [7, 11) is 1.65. The lowest BCUT2D eigenvalue weighted by Crippen LogP contribution is -2.02. The molecule has 0 aliphatic carbocycles. The van der Waals surface area contributed by atoms with Gasteiger partial charge in [-0.05, 0) is 34.5 Å². The van der Waals surface area contributed by atoms with Gasteiger partial charge in [-0.25, -0.2) is 0 Å². The van der Waals surface area contributed by atoms with Gasteiger partial charge in [-0.1, -0.05) is 6.07 Å². The molecule has 2 nitrogen and oxygen atoms in total. The SMILES string of the molecule is COc1c(Br)ccc(C)c1CN. The maximum Gasteiger partial charge on any atom is 0.137 e. The average Bonchev–Trinajstić information content (AvgIpc) is 2.08. The predicted molar refractivity (Wildman–Crippen MR) is 53.3 cm³/mol. The fourth-order valence-corrected chi connectivity index (χ4v) is 1.71. The topological polar surface area (TPSA) is 35.2 Å². The van der Waals surface area contributed by atoms with E-state index >= 15 is 0 Å². The first kappa shape index (κ1) is 9.55. The molecule has 0 bridgehead atoms. The first-order valence-corrected chi connectivity index (χ1v) is 4.52. The van der Waals surface area contributed by atoms with Crippen LogP contribution in [0.15, 0.2) is 16.6 Å². The van der Waals surface area contributed by atoms with E-state index in [-0.39, 0.29) is 0 Å². The van der Waals surface area contributed by atoms with Gasteiger partial charge in [0.05, 0.1) is 11.6 Å². The molecule has 1 rings (SSSR count). The highest BCUT2D eigenvalue weighted by molar-refractivity contribution is 9.10. The van der Waals surface area contributed by atoms with E-state index < -0.39 is 0 Å². The summed E-state index contributed by atoms with van der Waals surface area (Å²) in [6.07, 6.45) is 0. The van der Waals surface area contributed by atoms with E-state index in [0.29, 0.717) is 6.54 Å². The number of halogens is 1. The molecule has 0 unspecified atom stereocenters. The van der Waals surface area contributed by atoms with E-state index in [2.05, 4.69) is 15.9 Å². The van der Waals surface area contributed by atoms with E-state index in [4.69, 9.17) is 10.5 Å². The Morgan fingerprint density at radius 3 is 2.58 bits per heavy atom. The molecule has 0 radical (unpaired) electrons. The van der Waals surface area contributed by atoms with Gasteiger partial charge in [0.25, 0.3) is 0 Å². The summed E-state index contributed by atoms with van der Waals surface area (Å²) < 4.78 is 6.18. The zero-order valence-electron chi connectivity index (χ0n) is 7.23. The number of hydrogen-bond donors (Lipinski definition) is 1. The molecule has 66 valence electrons. The molecule has 2 N–H and O–H groups in total. The van der Waals surface area contributed by atoms with Gasteiger partial charge in [-0.15, -0.1) is 0 Å². The maximum absolute atomic E-state index is 5.60. The molecular weight excluding hydrogens is 218 g/mol. The van der Waals surface area contributed by atoms with Gasteiger partial charge in [0.15, 0.2) is 0 Å². The fourth-order valence-electron chi connectivity index (χ4n) is 1.17. The largest absolute Gasteiger partial charge is 0.495 e. The number of aryl methyl sites for hydroxylation is 1. The second-order valence-corrected chi connectivity index (χ2v) is 3.43. The lowest BCUT2D eigenvalue weighted by atomic mass is 10.1. The minimum atomic E-state index is 0.508. The molecule has 1 aromatic rings. The van der Waals surface area contributed by atoms with E-state index in [9.17, 15) is 0 Å². The highest BCUT2D eigenvalue weighted by Crippen LogP contribution is 2.30. The van der Waals surface area contributed by atoms with Crippen LogP contribution in [-0.2, 0) is 6.54 Å². The van der Waals surface area contributed by atoms with Gasteiger partial charge in [0.1, 0.15) is 5.75 Å². The van der Waals surface area contributed by atoms with Gasteiger partial charge < -0.3 is 10.5 Å². The standard InChI is InChI=1S/C9H12BrNO/c1-6-3-4-8(10)9(12-2)7(6)5-11/h3-4H,5,11H2,1-2H3. The number of ether oxygens (including phenoxy) is 1. The predicted octanol–water partition coefficient (Wildman–Crippen LogP) is 2.22. The summed E-state index contributed by atoms with van der Waals surface area (Å²) in [5.74, 6) is 0.845. The normalized spacial score (nSPS) is 10.0. The van der Waals surface area contributed by atoms with Crippen LogP contribution in [0, 0.1) is 6.92 Å². The van der Waals surface area contributed by atoms with E-state index in [1.165, 1.54) is 0 Å². The van der Waals surface area contributed by atoms with Crippen molar-refractivity contribution in [1.29, 1.82) is 0 Å². The summed E-state index contributed by atoms with van der Waals surface area (Å²) in [5, 5.41) is 0. The molecule has 0 fully saturated rings. The van der Waals surface area contributed by atoms with Gasteiger partial charge in [-0.2, -0.15) is 0 Å². The van der Waals surface area contributed by atoms with Gasteiger partial charge >= 0.3 is 0 Å². The van der Waals surface area contributed by atoms with Crippen LogP contribution in [0.1, 0.15) is 11.1 Å². The molecule has 0 aliphatic rings. The second-order valence-electron chi connectivity index (χ2n) is 2.58. The molecule has 0 aliphatic heterocycles. The smallest absolute Gasteiger partial charge is 0.137 e. The van der Waals surface area contributed by atoms with Crippen LogP contribution in [0.3, 0.4) is 0 Å². The minimum Gasteiger partial charge on any atom is -0.495 e. The molecule has 0 aromatic heterocycles. The Morgan fingerprint density at radius 1 is 1.50 bits per heavy atom. The fraction of sp³-hybridized carbons (Fsp3) is 0.333. The molecule has 0 spiro atoms. The van der Waals surface area contributed by atoms with Crippen molar-refractivity contribution in [2.75, 3.05) is 7.11 Å². The van der Waals surface area contributed by atoms with Crippen LogP contribution in [0.25, 0.3) is 0 Å². The summed E-state index contributed by atoms with van der Waals surface area (Å²) >= 11 is 3.40. The van der Waals surface area contributed by atoms with Crippen LogP contribution in [-0.4, -0.2) is 7.11 Å². The zero-order chi connectivity index (χ0) is 9.14. The van der Waals surface area contributed by atoms with Crippen LogP contribution in [0.4, 0.5) is 0 Å². The Balaban J connectivity index is 3.28. The highest BCUT2D eigenvalue weighted by Gasteiger charge is 2.07. The Hall–Kier alpha value is -0.540. The van der Waals surface area contributed by atoms with E-state index in [1.807, 2.05) is 19.1 Å². The Bertz CT molecular complexity index is 257. The first-order valence-electron chi connectivity index (χ1n) is 3.72. The quantitative estimate of drug-likeness (QED) is 0.845. The monoisotopic (exact) mass is 229 g/mol. The van der Waals surface area contributed by atoms with Gasteiger partial charge in [0, 0.05) is 12.1 Å². The lowest BCUT2D eigenvalue weighted by Gasteiger charge is -2.11. The third kappa shape index (κ3) is 1.62. The Labute approximate surface area is 80.8 Å². The Morgan fingerprint density at radius 2 is 2.17 bits per heavy atom. The minimum absolute atomic E-state index is 0.508. The third-order valence-corrected chi connectivity index (χ3v) is 2.48. The molecule has 3 heteroatoms. The van der Waals surface area contributed by atoms with Crippen molar-refractivity contribution in [1.82, 2.24) is 0 Å². The third-order valence-electron chi connectivity index (χ3n) is 1.85. The van der Waals surface area contributed by atoms with Crippen LogP contribution in [0.2, 0.25) is 0 Å². The van der Waals surface area contributed by atoms with E-state index in [0.717, 1.165) is 21.3 Å². The average molecular weight is 230 g/mol. The number of nitrogens with two attached hydrogens (primary N) is 1.